The molecule has 0 spiro atoms. The number of fused-ring (bicyclic) bond motifs is 3. The van der Waals surface area contributed by atoms with Crippen LogP contribution < -0.4 is 10.6 Å². The number of hydrogen-bond donors (Lipinski definition) is 3. The fourth-order valence-corrected chi connectivity index (χ4v) is 2.64. The highest BCUT2D eigenvalue weighted by Gasteiger charge is 2.26. The van der Waals surface area contributed by atoms with Gasteiger partial charge in [-0.1, -0.05) is 19.9 Å². The minimum Gasteiger partial charge on any atom is -0.506 e. The predicted octanol–water partition coefficient (Wildman–Crippen LogP) is 2.56. The van der Waals surface area contributed by atoms with Gasteiger partial charge in [0.2, 0.25) is 0 Å². The highest BCUT2D eigenvalue weighted by molar-refractivity contribution is 5.72. The summed E-state index contributed by atoms with van der Waals surface area (Å²) in [6, 6.07) is 6.07. The van der Waals surface area contributed by atoms with Crippen molar-refractivity contribution in [2.75, 3.05) is 5.32 Å². The molecule has 3 rings (SSSR count). The number of nitrogens with one attached hydrogen (secondary N) is 2. The molecule has 0 fully saturated rings. The molecule has 0 saturated carbocycles. The van der Waals surface area contributed by atoms with Crippen LogP contribution in [0.4, 0.5) is 5.69 Å². The summed E-state index contributed by atoms with van der Waals surface area (Å²) in [6.45, 7) is 7.08. The lowest BCUT2D eigenvalue weighted by Crippen LogP contribution is -2.25. The van der Waals surface area contributed by atoms with Crippen LogP contribution in [0.1, 0.15) is 38.2 Å². The van der Waals surface area contributed by atoms with Crippen LogP contribution in [0.25, 0.3) is 5.69 Å². The fourth-order valence-electron chi connectivity index (χ4n) is 2.64. The first kappa shape index (κ1) is 13.0. The number of para-hydroxylation sites is 1. The van der Waals surface area contributed by atoms with Crippen molar-refractivity contribution in [2.24, 2.45) is 0 Å². The van der Waals surface area contributed by atoms with E-state index in [0.29, 0.717) is 6.04 Å². The lowest BCUT2D eigenvalue weighted by atomic mass is 10.1. The topological polar surface area (TPSA) is 62.1 Å². The van der Waals surface area contributed by atoms with Gasteiger partial charge in [-0.15, -0.1) is 0 Å². The van der Waals surface area contributed by atoms with E-state index in [1.54, 1.807) is 6.07 Å². The summed E-state index contributed by atoms with van der Waals surface area (Å²) in [7, 11) is 0. The van der Waals surface area contributed by atoms with Crippen LogP contribution in [0, 0.1) is 0 Å². The minimum absolute atomic E-state index is 0.113. The lowest BCUT2D eigenvalue weighted by Gasteiger charge is -2.27. The molecule has 106 valence electrons. The van der Waals surface area contributed by atoms with E-state index in [9.17, 15) is 5.11 Å². The molecule has 5 heteroatoms. The van der Waals surface area contributed by atoms with Gasteiger partial charge in [-0.2, -0.15) is 0 Å². The Bertz CT molecular complexity index is 633. The first-order valence-electron chi connectivity index (χ1n) is 6.96. The average Bonchev–Trinajstić information content (AvgIpc) is 2.83. The van der Waals surface area contributed by atoms with Crippen molar-refractivity contribution in [3.63, 3.8) is 0 Å². The Morgan fingerprint density at radius 2 is 2.25 bits per heavy atom. The van der Waals surface area contributed by atoms with Crippen LogP contribution in [0.3, 0.4) is 0 Å². The van der Waals surface area contributed by atoms with Crippen LogP contribution in [-0.2, 0) is 6.54 Å². The van der Waals surface area contributed by atoms with Gasteiger partial charge in [-0.25, -0.2) is 4.98 Å². The molecule has 3 N–H and O–H groups in total. The van der Waals surface area contributed by atoms with Crippen LogP contribution in [-0.4, -0.2) is 20.7 Å². The van der Waals surface area contributed by atoms with Crippen LogP contribution in [0.15, 0.2) is 24.5 Å². The molecule has 1 aromatic heterocycles. The molecule has 2 aromatic rings. The second-order valence-electron chi connectivity index (χ2n) is 5.52. The summed E-state index contributed by atoms with van der Waals surface area (Å²) >= 11 is 0. The summed E-state index contributed by atoms with van der Waals surface area (Å²) in [6.07, 6.45) is 1.84. The van der Waals surface area contributed by atoms with E-state index in [1.165, 1.54) is 0 Å². The van der Waals surface area contributed by atoms with Gasteiger partial charge in [0.05, 0.1) is 29.4 Å². The molecule has 1 aliphatic heterocycles. The maximum atomic E-state index is 9.97. The van der Waals surface area contributed by atoms with E-state index in [-0.39, 0.29) is 11.8 Å². The molecule has 20 heavy (non-hydrogen) atoms. The molecule has 1 unspecified atom stereocenters. The van der Waals surface area contributed by atoms with Gasteiger partial charge in [0, 0.05) is 12.6 Å². The van der Waals surface area contributed by atoms with Gasteiger partial charge in [0.25, 0.3) is 0 Å². The lowest BCUT2D eigenvalue weighted by molar-refractivity contribution is 0.475. The van der Waals surface area contributed by atoms with E-state index < -0.39 is 0 Å². The zero-order valence-corrected chi connectivity index (χ0v) is 12.0. The molecule has 1 aromatic carbocycles. The van der Waals surface area contributed by atoms with Crippen molar-refractivity contribution in [1.29, 1.82) is 0 Å². The van der Waals surface area contributed by atoms with Gasteiger partial charge in [-0.3, -0.25) is 4.57 Å². The Morgan fingerprint density at radius 1 is 1.45 bits per heavy atom. The van der Waals surface area contributed by atoms with Crippen LogP contribution in [0.2, 0.25) is 0 Å². The van der Waals surface area contributed by atoms with Crippen molar-refractivity contribution in [2.45, 2.75) is 39.4 Å². The van der Waals surface area contributed by atoms with Crippen molar-refractivity contribution in [1.82, 2.24) is 14.9 Å². The third kappa shape index (κ3) is 2.04. The highest BCUT2D eigenvalue weighted by Crippen LogP contribution is 2.39. The Hall–Kier alpha value is -2.01. The number of aromatic nitrogens is 2. The third-order valence-corrected chi connectivity index (χ3v) is 3.61. The van der Waals surface area contributed by atoms with Gasteiger partial charge in [0.15, 0.2) is 0 Å². The van der Waals surface area contributed by atoms with E-state index in [1.807, 2.05) is 18.5 Å². The molecular formula is C15H20N4O. The van der Waals surface area contributed by atoms with Crippen molar-refractivity contribution in [3.05, 3.63) is 35.9 Å². The number of benzene rings is 1. The summed E-state index contributed by atoms with van der Waals surface area (Å²) in [5.41, 5.74) is 3.92. The highest BCUT2D eigenvalue weighted by atomic mass is 16.3. The smallest absolute Gasteiger partial charge is 0.140 e. The summed E-state index contributed by atoms with van der Waals surface area (Å²) in [5, 5.41) is 16.7. The van der Waals surface area contributed by atoms with E-state index in [2.05, 4.69) is 41.0 Å². The molecule has 1 aliphatic rings. The fraction of sp³-hybridized carbons (Fsp3) is 0.400. The molecular weight excluding hydrogens is 252 g/mol. The normalized spacial score (nSPS) is 16.7. The van der Waals surface area contributed by atoms with E-state index in [0.717, 1.165) is 29.3 Å². The Labute approximate surface area is 118 Å². The zero-order valence-electron chi connectivity index (χ0n) is 12.0. The standard InChI is InChI=1S/C15H20N4O/c1-9(2)16-7-11-15-10(3)18-14-12(19(15)8-17-11)5-4-6-13(14)20/h4-6,8-10,16,18,20H,7H2,1-3H3. The monoisotopic (exact) mass is 272 g/mol. The number of hydrogen-bond acceptors (Lipinski definition) is 4. The van der Waals surface area contributed by atoms with E-state index in [4.69, 9.17) is 0 Å². The predicted molar refractivity (Wildman–Crippen MR) is 79.2 cm³/mol. The number of anilines is 1. The van der Waals surface area contributed by atoms with Gasteiger partial charge in [-0.05, 0) is 19.1 Å². The maximum Gasteiger partial charge on any atom is 0.140 e. The van der Waals surface area contributed by atoms with Gasteiger partial charge in [0.1, 0.15) is 11.4 Å². The molecule has 0 saturated heterocycles. The second kappa shape index (κ2) is 4.83. The minimum atomic E-state index is 0.113. The second-order valence-corrected chi connectivity index (χ2v) is 5.52. The number of aromatic hydroxyl groups is 1. The molecule has 1 atom stereocenters. The molecule has 2 heterocycles. The Morgan fingerprint density at radius 3 is 3.00 bits per heavy atom. The summed E-state index contributed by atoms with van der Waals surface area (Å²) in [4.78, 5) is 4.53. The van der Waals surface area contributed by atoms with Crippen molar-refractivity contribution in [3.8, 4) is 11.4 Å². The molecule has 0 amide bonds. The van der Waals surface area contributed by atoms with Crippen molar-refractivity contribution >= 4 is 5.69 Å². The number of imidazole rings is 1. The summed E-state index contributed by atoms with van der Waals surface area (Å²) in [5.74, 6) is 0.274. The van der Waals surface area contributed by atoms with Crippen LogP contribution >= 0.6 is 0 Å². The van der Waals surface area contributed by atoms with Crippen LogP contribution in [0.5, 0.6) is 5.75 Å². The quantitative estimate of drug-likeness (QED) is 0.751. The number of nitrogens with zero attached hydrogens (tertiary/aromatic N) is 2. The molecule has 0 radical (unpaired) electrons. The zero-order chi connectivity index (χ0) is 14.3. The van der Waals surface area contributed by atoms with Crippen molar-refractivity contribution < 1.29 is 5.11 Å². The van der Waals surface area contributed by atoms with E-state index >= 15 is 0 Å². The Balaban J connectivity index is 2.04. The molecule has 0 bridgehead atoms. The largest absolute Gasteiger partial charge is 0.506 e. The number of phenolic OH excluding ortho intramolecular Hbond substituents is 1. The first-order valence-corrected chi connectivity index (χ1v) is 6.96. The molecule has 0 aliphatic carbocycles. The first-order chi connectivity index (χ1) is 9.58. The Kier molecular flexibility index (Phi) is 3.14. The third-order valence-electron chi connectivity index (χ3n) is 3.61. The molecule has 5 nitrogen and oxygen atoms in total. The van der Waals surface area contributed by atoms with Gasteiger partial charge >= 0.3 is 0 Å². The summed E-state index contributed by atoms with van der Waals surface area (Å²) < 4.78 is 2.06. The SMILES string of the molecule is CC(C)NCc1ncn2c1C(C)Nc1c(O)cccc1-2. The maximum absolute atomic E-state index is 9.97. The van der Waals surface area contributed by atoms with Gasteiger partial charge < -0.3 is 15.7 Å². The number of rotatable bonds is 3. The number of phenols is 1. The average molecular weight is 272 g/mol.